The summed E-state index contributed by atoms with van der Waals surface area (Å²) in [4.78, 5) is 34.2. The molecule has 2 amide bonds. The van der Waals surface area contributed by atoms with E-state index < -0.39 is 0 Å². The Morgan fingerprint density at radius 3 is 2.47 bits per heavy atom. The lowest BCUT2D eigenvalue weighted by Gasteiger charge is -2.21. The van der Waals surface area contributed by atoms with Gasteiger partial charge in [0, 0.05) is 39.3 Å². The summed E-state index contributed by atoms with van der Waals surface area (Å²) in [5.74, 6) is 0.781. The number of hydrogen-bond acceptors (Lipinski definition) is 5. The number of nitrogens with zero attached hydrogens (tertiary/aromatic N) is 2. The molecule has 0 saturated heterocycles. The Kier molecular flexibility index (Phi) is 6.09. The summed E-state index contributed by atoms with van der Waals surface area (Å²) in [7, 11) is 1.65. The first-order chi connectivity index (χ1) is 16.6. The highest BCUT2D eigenvalue weighted by Gasteiger charge is 2.40. The van der Waals surface area contributed by atoms with Crippen LogP contribution in [0.3, 0.4) is 0 Å². The number of amides is 2. The van der Waals surface area contributed by atoms with Crippen molar-refractivity contribution in [1.82, 2.24) is 9.88 Å². The van der Waals surface area contributed by atoms with Crippen LogP contribution in [0.25, 0.3) is 31.3 Å². The molecule has 0 spiro atoms. The summed E-state index contributed by atoms with van der Waals surface area (Å²) in [6.45, 7) is 4.79. The number of unbranched alkanes of at least 4 members (excludes halogenated alkanes) is 1. The highest BCUT2D eigenvalue weighted by Crippen LogP contribution is 2.44. The van der Waals surface area contributed by atoms with Gasteiger partial charge < -0.3 is 4.74 Å². The molecule has 3 heterocycles. The van der Waals surface area contributed by atoms with Crippen LogP contribution in [0.15, 0.2) is 48.8 Å². The molecule has 1 aliphatic rings. The molecule has 2 aromatic carbocycles. The molecule has 0 aliphatic carbocycles. The topological polar surface area (TPSA) is 59.5 Å². The Hall–Kier alpha value is -3.25. The van der Waals surface area contributed by atoms with Crippen LogP contribution in [0.1, 0.15) is 60.2 Å². The number of aromatic nitrogens is 1. The van der Waals surface area contributed by atoms with E-state index in [1.165, 1.54) is 4.90 Å². The van der Waals surface area contributed by atoms with Gasteiger partial charge in [-0.3, -0.25) is 19.5 Å². The average Bonchev–Trinajstić information content (AvgIpc) is 3.42. The fourth-order valence-electron chi connectivity index (χ4n) is 4.88. The third kappa shape index (κ3) is 3.66. The second-order valence-corrected chi connectivity index (χ2v) is 9.94. The van der Waals surface area contributed by atoms with Crippen molar-refractivity contribution in [1.29, 1.82) is 0 Å². The molecule has 0 saturated carbocycles. The summed E-state index contributed by atoms with van der Waals surface area (Å²) in [6, 6.07) is 11.9. The van der Waals surface area contributed by atoms with Crippen LogP contribution in [-0.2, 0) is 0 Å². The van der Waals surface area contributed by atoms with E-state index in [1.54, 1.807) is 30.8 Å². The van der Waals surface area contributed by atoms with Gasteiger partial charge in [-0.1, -0.05) is 33.1 Å². The molecule has 0 fully saturated rings. The molecular formula is C28H28N2O3S. The summed E-state index contributed by atoms with van der Waals surface area (Å²) in [5, 5.41) is 2.69. The fraction of sp³-hybridized carbons (Fsp3) is 0.321. The lowest BCUT2D eigenvalue weighted by molar-refractivity contribution is 0.0625. The lowest BCUT2D eigenvalue weighted by atomic mass is 9.98. The molecule has 5 nitrogen and oxygen atoms in total. The zero-order valence-corrected chi connectivity index (χ0v) is 20.6. The molecule has 5 rings (SSSR count). The van der Waals surface area contributed by atoms with E-state index in [0.29, 0.717) is 23.6 Å². The Balaban J connectivity index is 1.65. The first-order valence-electron chi connectivity index (χ1n) is 11.9. The van der Waals surface area contributed by atoms with E-state index in [-0.39, 0.29) is 11.8 Å². The van der Waals surface area contributed by atoms with Crippen LogP contribution < -0.4 is 4.74 Å². The summed E-state index contributed by atoms with van der Waals surface area (Å²) < 4.78 is 6.16. The largest absolute Gasteiger partial charge is 0.497 e. The number of ether oxygens (including phenoxy) is 1. The fourth-order valence-corrected chi connectivity index (χ4v) is 6.10. The van der Waals surface area contributed by atoms with E-state index >= 15 is 0 Å². The van der Waals surface area contributed by atoms with Gasteiger partial charge in [0.05, 0.1) is 18.2 Å². The van der Waals surface area contributed by atoms with Gasteiger partial charge in [0.2, 0.25) is 0 Å². The van der Waals surface area contributed by atoms with E-state index in [2.05, 4.69) is 24.9 Å². The molecule has 34 heavy (non-hydrogen) atoms. The Morgan fingerprint density at radius 2 is 1.76 bits per heavy atom. The van der Waals surface area contributed by atoms with Crippen molar-refractivity contribution in [3.63, 3.8) is 0 Å². The van der Waals surface area contributed by atoms with Crippen molar-refractivity contribution in [2.24, 2.45) is 5.92 Å². The molecule has 0 N–H and O–H groups in total. The summed E-state index contributed by atoms with van der Waals surface area (Å²) in [5.41, 5.74) is 2.13. The van der Waals surface area contributed by atoms with E-state index in [9.17, 15) is 9.59 Å². The monoisotopic (exact) mass is 472 g/mol. The minimum atomic E-state index is -0.174. The number of imide groups is 1. The smallest absolute Gasteiger partial charge is 0.263 e. The predicted molar refractivity (Wildman–Crippen MR) is 138 cm³/mol. The molecule has 174 valence electrons. The maximum atomic E-state index is 13.7. The van der Waals surface area contributed by atoms with Gasteiger partial charge in [-0.2, -0.15) is 0 Å². The maximum Gasteiger partial charge on any atom is 0.263 e. The summed E-state index contributed by atoms with van der Waals surface area (Å²) in [6.07, 6.45) is 7.70. The van der Waals surface area contributed by atoms with Crippen molar-refractivity contribution >= 4 is 44.0 Å². The van der Waals surface area contributed by atoms with Crippen molar-refractivity contribution in [2.45, 2.75) is 39.5 Å². The third-order valence-electron chi connectivity index (χ3n) is 6.87. The standard InChI is InChI=1S/C28H28N2O3S/c1-4-6-7-17(5-2)16-30-27(31)24-20-12-13-29-15-22(20)21-14-23(34-26(21)25(24)28(30)32)18-8-10-19(33-3)11-9-18/h8-15,17H,4-7,16H2,1-3H3. The molecule has 4 aromatic rings. The number of pyridine rings is 1. The van der Waals surface area contributed by atoms with Gasteiger partial charge in [-0.05, 0) is 59.7 Å². The Morgan fingerprint density at radius 1 is 1.00 bits per heavy atom. The van der Waals surface area contributed by atoms with E-state index in [0.717, 1.165) is 62.7 Å². The quantitative estimate of drug-likeness (QED) is 0.261. The van der Waals surface area contributed by atoms with Gasteiger partial charge in [0.1, 0.15) is 5.75 Å². The van der Waals surface area contributed by atoms with Gasteiger partial charge in [-0.25, -0.2) is 0 Å². The van der Waals surface area contributed by atoms with Gasteiger partial charge in [-0.15, -0.1) is 11.3 Å². The minimum absolute atomic E-state index is 0.165. The first-order valence-corrected chi connectivity index (χ1v) is 12.7. The number of carbonyl (C=O) groups excluding carboxylic acids is 2. The zero-order valence-electron chi connectivity index (χ0n) is 19.8. The van der Waals surface area contributed by atoms with Crippen molar-refractivity contribution in [3.8, 4) is 16.2 Å². The highest BCUT2D eigenvalue weighted by molar-refractivity contribution is 7.22. The van der Waals surface area contributed by atoms with Gasteiger partial charge in [0.15, 0.2) is 0 Å². The molecule has 0 radical (unpaired) electrons. The number of thiophene rings is 1. The third-order valence-corrected chi connectivity index (χ3v) is 8.07. The number of fused-ring (bicyclic) bond motifs is 6. The average molecular weight is 473 g/mol. The van der Waals surface area contributed by atoms with Crippen LogP contribution in [0, 0.1) is 5.92 Å². The predicted octanol–water partition coefficient (Wildman–Crippen LogP) is 6.94. The molecule has 1 aliphatic heterocycles. The van der Waals surface area contributed by atoms with Gasteiger partial charge >= 0.3 is 0 Å². The SMILES string of the molecule is CCCCC(CC)CN1C(=O)c2c(c3sc(-c4ccc(OC)cc4)cc3c3cnccc23)C1=O. The second kappa shape index (κ2) is 9.18. The van der Waals surface area contributed by atoms with E-state index in [1.807, 2.05) is 30.3 Å². The van der Waals surface area contributed by atoms with Crippen molar-refractivity contribution < 1.29 is 14.3 Å². The number of rotatable bonds is 8. The maximum absolute atomic E-state index is 13.7. The Labute approximate surface area is 203 Å². The van der Waals surface area contributed by atoms with Crippen molar-refractivity contribution in [2.75, 3.05) is 13.7 Å². The summed E-state index contributed by atoms with van der Waals surface area (Å²) >= 11 is 1.56. The minimum Gasteiger partial charge on any atom is -0.497 e. The molecule has 1 unspecified atom stereocenters. The number of benzene rings is 2. The number of methoxy groups -OCH3 is 1. The van der Waals surface area contributed by atoms with Crippen LogP contribution in [0.4, 0.5) is 0 Å². The molecule has 0 bridgehead atoms. The molecule has 6 heteroatoms. The highest BCUT2D eigenvalue weighted by atomic mass is 32.1. The lowest BCUT2D eigenvalue weighted by Crippen LogP contribution is -2.34. The Bertz CT molecular complexity index is 1390. The first kappa shape index (κ1) is 22.5. The van der Waals surface area contributed by atoms with Crippen LogP contribution in [0.5, 0.6) is 5.75 Å². The molecule has 2 aromatic heterocycles. The van der Waals surface area contributed by atoms with Crippen LogP contribution in [0.2, 0.25) is 0 Å². The number of hydrogen-bond donors (Lipinski definition) is 0. The second-order valence-electron chi connectivity index (χ2n) is 8.89. The zero-order chi connectivity index (χ0) is 23.8. The van der Waals surface area contributed by atoms with Crippen LogP contribution in [-0.4, -0.2) is 35.4 Å². The molecule has 1 atom stereocenters. The van der Waals surface area contributed by atoms with Crippen molar-refractivity contribution in [3.05, 3.63) is 59.9 Å². The normalized spacial score (nSPS) is 14.3. The number of carbonyl (C=O) groups is 2. The van der Waals surface area contributed by atoms with E-state index in [4.69, 9.17) is 4.74 Å². The molecular weight excluding hydrogens is 444 g/mol. The van der Waals surface area contributed by atoms with Gasteiger partial charge in [0.25, 0.3) is 11.8 Å². The van der Waals surface area contributed by atoms with Crippen LogP contribution >= 0.6 is 11.3 Å².